The van der Waals surface area contributed by atoms with E-state index in [4.69, 9.17) is 16.6 Å². The zero-order valence-electron chi connectivity index (χ0n) is 15.1. The minimum absolute atomic E-state index is 0. The molecule has 0 bridgehead atoms. The molecule has 0 atom stereocenters. The van der Waals surface area contributed by atoms with Gasteiger partial charge in [-0.2, -0.15) is 0 Å². The van der Waals surface area contributed by atoms with Crippen molar-refractivity contribution in [3.63, 3.8) is 0 Å². The van der Waals surface area contributed by atoms with Crippen molar-refractivity contribution in [3.8, 4) is 0 Å². The summed E-state index contributed by atoms with van der Waals surface area (Å²) in [5, 5.41) is 12.9. The van der Waals surface area contributed by atoms with Crippen LogP contribution in [0.2, 0.25) is 5.02 Å². The quantitative estimate of drug-likeness (QED) is 0.606. The van der Waals surface area contributed by atoms with Gasteiger partial charge >= 0.3 is 0 Å². The Morgan fingerprint density at radius 1 is 1.07 bits per heavy atom. The van der Waals surface area contributed by atoms with Gasteiger partial charge in [0.25, 0.3) is 0 Å². The number of aromatic nitrogens is 1. The van der Waals surface area contributed by atoms with Crippen LogP contribution in [0.5, 0.6) is 0 Å². The molecule has 27 heavy (non-hydrogen) atoms. The van der Waals surface area contributed by atoms with Gasteiger partial charge in [-0.1, -0.05) is 35.9 Å². The Morgan fingerprint density at radius 2 is 1.78 bits per heavy atom. The number of aliphatic hydroxyl groups is 1. The van der Waals surface area contributed by atoms with Gasteiger partial charge in [-0.05, 0) is 55.6 Å². The lowest BCUT2D eigenvalue weighted by Gasteiger charge is -2.38. The highest BCUT2D eigenvalue weighted by molar-refractivity contribution is 7.18. The standard InChI is InChI=1S/C21H23ClN2OS.ClH/c22-17-9-7-16(8-10-17)21(25)11-14-24(15-12-21)13-3-6-20-23-18-4-1-2-5-19(18)26-20;/h1-2,4-5,7-10,25H,3,6,11-15H2;1H. The van der Waals surface area contributed by atoms with Gasteiger partial charge in [0.15, 0.2) is 0 Å². The molecule has 1 saturated heterocycles. The number of hydrogen-bond acceptors (Lipinski definition) is 4. The molecular formula is C21H24Cl2N2OS. The number of para-hydroxylation sites is 1. The summed E-state index contributed by atoms with van der Waals surface area (Å²) in [5.41, 5.74) is 1.38. The lowest BCUT2D eigenvalue weighted by molar-refractivity contribution is -0.0259. The molecule has 3 aromatic rings. The first-order chi connectivity index (χ1) is 12.6. The highest BCUT2D eigenvalue weighted by Gasteiger charge is 2.33. The number of hydrogen-bond donors (Lipinski definition) is 1. The van der Waals surface area contributed by atoms with Crippen molar-refractivity contribution >= 4 is 45.6 Å². The molecule has 1 N–H and O–H groups in total. The summed E-state index contributed by atoms with van der Waals surface area (Å²) >= 11 is 7.76. The molecule has 0 saturated carbocycles. The Hall–Kier alpha value is -1.17. The molecule has 1 aromatic heterocycles. The van der Waals surface area contributed by atoms with Crippen LogP contribution < -0.4 is 0 Å². The third-order valence-corrected chi connectivity index (χ3v) is 6.62. The average Bonchev–Trinajstić information content (AvgIpc) is 3.07. The summed E-state index contributed by atoms with van der Waals surface area (Å²) in [7, 11) is 0. The average molecular weight is 423 g/mol. The molecule has 0 aliphatic carbocycles. The second kappa shape index (κ2) is 8.89. The molecule has 0 radical (unpaired) electrons. The second-order valence-electron chi connectivity index (χ2n) is 7.06. The minimum atomic E-state index is -0.714. The summed E-state index contributed by atoms with van der Waals surface area (Å²) < 4.78 is 1.27. The molecule has 2 heterocycles. The maximum atomic E-state index is 11.0. The van der Waals surface area contributed by atoms with E-state index in [1.807, 2.05) is 30.3 Å². The SMILES string of the molecule is Cl.OC1(c2ccc(Cl)cc2)CCN(CCCc2nc3ccccc3s2)CC1. The highest BCUT2D eigenvalue weighted by Crippen LogP contribution is 2.33. The fourth-order valence-electron chi connectivity index (χ4n) is 3.68. The largest absolute Gasteiger partial charge is 0.385 e. The van der Waals surface area contributed by atoms with Gasteiger partial charge < -0.3 is 10.0 Å². The van der Waals surface area contributed by atoms with Crippen molar-refractivity contribution < 1.29 is 5.11 Å². The maximum Gasteiger partial charge on any atom is 0.0939 e. The number of nitrogens with zero attached hydrogens (tertiary/aromatic N) is 2. The summed E-state index contributed by atoms with van der Waals surface area (Å²) in [5.74, 6) is 0. The van der Waals surface area contributed by atoms with Gasteiger partial charge in [0.2, 0.25) is 0 Å². The molecular weight excluding hydrogens is 399 g/mol. The molecule has 0 unspecified atom stereocenters. The zero-order valence-corrected chi connectivity index (χ0v) is 17.5. The van der Waals surface area contributed by atoms with Crippen molar-refractivity contribution in [3.05, 3.63) is 64.1 Å². The van der Waals surface area contributed by atoms with Crippen LogP contribution in [0, 0.1) is 0 Å². The minimum Gasteiger partial charge on any atom is -0.385 e. The topological polar surface area (TPSA) is 36.4 Å². The van der Waals surface area contributed by atoms with Crippen molar-refractivity contribution in [2.24, 2.45) is 0 Å². The molecule has 1 aliphatic rings. The van der Waals surface area contributed by atoms with E-state index in [0.29, 0.717) is 5.02 Å². The first-order valence-corrected chi connectivity index (χ1v) is 10.4. The Labute approximate surface area is 175 Å². The molecule has 4 rings (SSSR count). The Bertz CT molecular complexity index is 840. The summed E-state index contributed by atoms with van der Waals surface area (Å²) in [6, 6.07) is 16.0. The molecule has 0 amide bonds. The summed E-state index contributed by atoms with van der Waals surface area (Å²) in [6.07, 6.45) is 3.68. The van der Waals surface area contributed by atoms with Crippen molar-refractivity contribution in [1.82, 2.24) is 9.88 Å². The summed E-state index contributed by atoms with van der Waals surface area (Å²) in [4.78, 5) is 7.17. The second-order valence-corrected chi connectivity index (χ2v) is 8.61. The van der Waals surface area contributed by atoms with Crippen LogP contribution in [-0.2, 0) is 12.0 Å². The van der Waals surface area contributed by atoms with E-state index in [-0.39, 0.29) is 12.4 Å². The van der Waals surface area contributed by atoms with Crippen LogP contribution in [0.25, 0.3) is 10.2 Å². The third kappa shape index (κ3) is 4.82. The fourth-order valence-corrected chi connectivity index (χ4v) is 4.81. The lowest BCUT2D eigenvalue weighted by atomic mass is 9.84. The molecule has 6 heteroatoms. The van der Waals surface area contributed by atoms with Crippen molar-refractivity contribution in [1.29, 1.82) is 0 Å². The van der Waals surface area contributed by atoms with E-state index in [1.54, 1.807) is 11.3 Å². The molecule has 144 valence electrons. The van der Waals surface area contributed by atoms with Crippen molar-refractivity contribution in [2.75, 3.05) is 19.6 Å². The number of rotatable bonds is 5. The Morgan fingerprint density at radius 3 is 2.48 bits per heavy atom. The number of thiazole rings is 1. The number of likely N-dealkylation sites (tertiary alicyclic amines) is 1. The first-order valence-electron chi connectivity index (χ1n) is 9.18. The number of benzene rings is 2. The molecule has 3 nitrogen and oxygen atoms in total. The number of aryl methyl sites for hydroxylation is 1. The normalized spacial score (nSPS) is 17.0. The van der Waals surface area contributed by atoms with E-state index in [9.17, 15) is 5.11 Å². The van der Waals surface area contributed by atoms with E-state index < -0.39 is 5.60 Å². The number of halogens is 2. The smallest absolute Gasteiger partial charge is 0.0939 e. The maximum absolute atomic E-state index is 11.0. The monoisotopic (exact) mass is 422 g/mol. The van der Waals surface area contributed by atoms with E-state index in [0.717, 1.165) is 56.4 Å². The zero-order chi connectivity index (χ0) is 18.0. The van der Waals surface area contributed by atoms with Gasteiger partial charge in [0.05, 0.1) is 20.8 Å². The van der Waals surface area contributed by atoms with Gasteiger partial charge in [-0.15, -0.1) is 23.7 Å². The highest BCUT2D eigenvalue weighted by atomic mass is 35.5. The Kier molecular flexibility index (Phi) is 6.77. The molecule has 1 aliphatic heterocycles. The van der Waals surface area contributed by atoms with Gasteiger partial charge in [-0.3, -0.25) is 0 Å². The van der Waals surface area contributed by atoms with Gasteiger partial charge in [0, 0.05) is 24.5 Å². The molecule has 1 fully saturated rings. The predicted molar refractivity (Wildman–Crippen MR) is 116 cm³/mol. The predicted octanol–water partition coefficient (Wildman–Crippen LogP) is 5.29. The van der Waals surface area contributed by atoms with Crippen molar-refractivity contribution in [2.45, 2.75) is 31.3 Å². The third-order valence-electron chi connectivity index (χ3n) is 5.27. The molecule has 0 spiro atoms. The van der Waals surface area contributed by atoms with Crippen LogP contribution in [0.3, 0.4) is 0 Å². The first kappa shape index (κ1) is 20.6. The van der Waals surface area contributed by atoms with E-state index >= 15 is 0 Å². The fraction of sp³-hybridized carbons (Fsp3) is 0.381. The van der Waals surface area contributed by atoms with Crippen LogP contribution in [0.1, 0.15) is 29.8 Å². The molecule has 2 aromatic carbocycles. The Balaban J connectivity index is 0.00000210. The number of fused-ring (bicyclic) bond motifs is 1. The number of piperidine rings is 1. The van der Waals surface area contributed by atoms with Gasteiger partial charge in [-0.25, -0.2) is 4.98 Å². The van der Waals surface area contributed by atoms with Gasteiger partial charge in [0.1, 0.15) is 0 Å². The van der Waals surface area contributed by atoms with E-state index in [1.165, 1.54) is 9.71 Å². The van der Waals surface area contributed by atoms with Crippen LogP contribution in [0.15, 0.2) is 48.5 Å². The van der Waals surface area contributed by atoms with Crippen LogP contribution >= 0.6 is 35.3 Å². The summed E-state index contributed by atoms with van der Waals surface area (Å²) in [6.45, 7) is 2.92. The van der Waals surface area contributed by atoms with Crippen LogP contribution in [0.4, 0.5) is 0 Å². The van der Waals surface area contributed by atoms with Crippen LogP contribution in [-0.4, -0.2) is 34.6 Å². The van der Waals surface area contributed by atoms with E-state index in [2.05, 4.69) is 23.1 Å². The lowest BCUT2D eigenvalue weighted by Crippen LogP contribution is -2.42.